The number of halogens is 1. The van der Waals surface area contributed by atoms with Crippen molar-refractivity contribution in [2.45, 2.75) is 33.2 Å². The number of H-pyrrole nitrogens is 2. The van der Waals surface area contributed by atoms with Crippen LogP contribution in [0.1, 0.15) is 38.4 Å². The highest BCUT2D eigenvalue weighted by molar-refractivity contribution is 6.06. The Balaban J connectivity index is 0.00000137. The van der Waals surface area contributed by atoms with Crippen LogP contribution >= 0.6 is 0 Å². The maximum absolute atomic E-state index is 14.7. The molecule has 0 fully saturated rings. The predicted molar refractivity (Wildman–Crippen MR) is 124 cm³/mol. The van der Waals surface area contributed by atoms with Crippen LogP contribution in [0.3, 0.4) is 0 Å². The molecule has 8 heteroatoms. The number of fused-ring (bicyclic) bond motifs is 4. The van der Waals surface area contributed by atoms with E-state index in [0.29, 0.717) is 46.8 Å². The summed E-state index contributed by atoms with van der Waals surface area (Å²) in [5.74, 6) is -0.562. The molecule has 0 bridgehead atoms. The zero-order valence-corrected chi connectivity index (χ0v) is 17.8. The highest BCUT2D eigenvalue weighted by Crippen LogP contribution is 2.40. The first-order valence-corrected chi connectivity index (χ1v) is 10.7. The number of nitrogens with one attached hydrogen (secondary N) is 2. The average Bonchev–Trinajstić information content (AvgIpc) is 3.36. The molecule has 0 radical (unpaired) electrons. The second-order valence-corrected chi connectivity index (χ2v) is 9.49. The van der Waals surface area contributed by atoms with Gasteiger partial charge >= 0.3 is 5.69 Å². The van der Waals surface area contributed by atoms with E-state index >= 15 is 0 Å². The third-order valence-corrected chi connectivity index (χ3v) is 6.55. The van der Waals surface area contributed by atoms with Crippen molar-refractivity contribution in [2.75, 3.05) is 11.4 Å². The predicted octanol–water partition coefficient (Wildman–Crippen LogP) is 4.14. The third-order valence-electron chi connectivity index (χ3n) is 6.55. The van der Waals surface area contributed by atoms with E-state index in [1.54, 1.807) is 23.2 Å². The van der Waals surface area contributed by atoms with Gasteiger partial charge in [0.05, 0.1) is 5.52 Å². The average molecular weight is 436 g/mol. The first-order chi connectivity index (χ1) is 15.3. The number of pyridine rings is 1. The SMILES string of the molecule is CC1(C)Cc2cc3n(c2C1)CCN(c1cc(F)cc(-c2ccnc4[nH]c(=O)[nH]c24)c1)C3=O.[HH].[HH]. The summed E-state index contributed by atoms with van der Waals surface area (Å²) in [5, 5.41) is 0. The van der Waals surface area contributed by atoms with Crippen molar-refractivity contribution in [1.29, 1.82) is 0 Å². The van der Waals surface area contributed by atoms with Gasteiger partial charge in [-0.1, -0.05) is 13.8 Å². The fraction of sp³-hybridized carbons (Fsp3) is 0.292. The van der Waals surface area contributed by atoms with Crippen molar-refractivity contribution in [2.24, 2.45) is 5.41 Å². The maximum Gasteiger partial charge on any atom is 0.325 e. The van der Waals surface area contributed by atoms with Crippen LogP contribution in [0.5, 0.6) is 0 Å². The molecular weight excluding hydrogens is 409 g/mol. The van der Waals surface area contributed by atoms with Crippen LogP contribution in [0.4, 0.5) is 10.1 Å². The van der Waals surface area contributed by atoms with Crippen LogP contribution in [0.15, 0.2) is 41.3 Å². The molecule has 7 nitrogen and oxygen atoms in total. The summed E-state index contributed by atoms with van der Waals surface area (Å²) >= 11 is 0. The van der Waals surface area contributed by atoms with Crippen LogP contribution in [-0.2, 0) is 19.4 Å². The van der Waals surface area contributed by atoms with E-state index in [1.807, 2.05) is 6.07 Å². The smallest absolute Gasteiger partial charge is 0.325 e. The molecule has 0 unspecified atom stereocenters. The van der Waals surface area contributed by atoms with Crippen molar-refractivity contribution in [3.05, 3.63) is 69.8 Å². The van der Waals surface area contributed by atoms with Crippen LogP contribution in [0, 0.1) is 11.2 Å². The molecule has 4 aromatic rings. The van der Waals surface area contributed by atoms with E-state index in [-0.39, 0.29) is 19.9 Å². The minimum atomic E-state index is -0.446. The van der Waals surface area contributed by atoms with E-state index in [4.69, 9.17) is 0 Å². The number of anilines is 1. The molecule has 2 N–H and O–H groups in total. The first kappa shape index (κ1) is 19.0. The number of hydrogen-bond donors (Lipinski definition) is 2. The second-order valence-electron chi connectivity index (χ2n) is 9.49. The van der Waals surface area contributed by atoms with E-state index < -0.39 is 5.82 Å². The van der Waals surface area contributed by atoms with E-state index in [2.05, 4.69) is 33.4 Å². The van der Waals surface area contributed by atoms with Crippen LogP contribution < -0.4 is 10.6 Å². The second kappa shape index (κ2) is 6.41. The lowest BCUT2D eigenvalue weighted by molar-refractivity contribution is 0.0964. The molecule has 1 aliphatic carbocycles. The topological polar surface area (TPSA) is 86.8 Å². The summed E-state index contributed by atoms with van der Waals surface area (Å²) in [6.45, 7) is 5.66. The van der Waals surface area contributed by atoms with E-state index in [1.165, 1.54) is 23.4 Å². The standard InChI is InChI=1S/C24H22FN5O2.2H2/c1-24(2)11-14-9-18-22(31)29(5-6-30(18)19(14)12-24)16-8-13(7-15(25)10-16)17-3-4-26-21-20(17)27-23(32)28-21;;/h3-4,7-10H,5-6,11-12H2,1-2H3,(H2,26,27,28,32);2*1H. The number of aromatic amines is 2. The number of rotatable bonds is 2. The zero-order valence-electron chi connectivity index (χ0n) is 17.8. The summed E-state index contributed by atoms with van der Waals surface area (Å²) < 4.78 is 16.8. The lowest BCUT2D eigenvalue weighted by Gasteiger charge is -2.30. The normalized spacial score (nSPS) is 17.1. The van der Waals surface area contributed by atoms with Gasteiger partial charge in [0.2, 0.25) is 0 Å². The van der Waals surface area contributed by atoms with Crippen molar-refractivity contribution in [1.82, 2.24) is 19.5 Å². The van der Waals surface area contributed by atoms with Crippen molar-refractivity contribution >= 4 is 22.8 Å². The fourth-order valence-corrected chi connectivity index (χ4v) is 5.22. The number of hydrogen-bond acceptors (Lipinski definition) is 3. The lowest BCUT2D eigenvalue weighted by atomic mass is 9.90. The Labute approximate surface area is 185 Å². The van der Waals surface area contributed by atoms with Crippen LogP contribution in [0.25, 0.3) is 22.3 Å². The maximum atomic E-state index is 14.7. The van der Waals surface area contributed by atoms with Crippen molar-refractivity contribution in [3.63, 3.8) is 0 Å². The lowest BCUT2D eigenvalue weighted by Crippen LogP contribution is -2.40. The highest BCUT2D eigenvalue weighted by Gasteiger charge is 2.36. The zero-order chi connectivity index (χ0) is 22.2. The van der Waals surface area contributed by atoms with Gasteiger partial charge in [-0.3, -0.25) is 9.78 Å². The van der Waals surface area contributed by atoms with Gasteiger partial charge in [0.1, 0.15) is 11.5 Å². The molecule has 0 atom stereocenters. The molecule has 0 saturated heterocycles. The van der Waals surface area contributed by atoms with Gasteiger partial charge in [-0.15, -0.1) is 0 Å². The van der Waals surface area contributed by atoms with Crippen LogP contribution in [0.2, 0.25) is 0 Å². The Kier molecular flexibility index (Phi) is 3.82. The van der Waals surface area contributed by atoms with Gasteiger partial charge in [-0.25, -0.2) is 14.2 Å². The quantitative estimate of drug-likeness (QED) is 0.496. The van der Waals surface area contributed by atoms with Gasteiger partial charge in [-0.2, -0.15) is 0 Å². The molecule has 1 amide bonds. The monoisotopic (exact) mass is 435 g/mol. The van der Waals surface area contributed by atoms with Gasteiger partial charge in [0, 0.05) is 39.1 Å². The number of carbonyl (C=O) groups is 1. The summed E-state index contributed by atoms with van der Waals surface area (Å²) in [4.78, 5) is 36.2. The molecule has 0 spiro atoms. The molecule has 3 aromatic heterocycles. The van der Waals surface area contributed by atoms with Crippen molar-refractivity contribution in [3.8, 4) is 11.1 Å². The molecule has 1 aromatic carbocycles. The number of amides is 1. The fourth-order valence-electron chi connectivity index (χ4n) is 5.22. The molecule has 2 aliphatic rings. The Hall–Kier alpha value is -3.68. The Bertz CT molecular complexity index is 1490. The molecule has 4 heterocycles. The van der Waals surface area contributed by atoms with Gasteiger partial charge < -0.3 is 14.5 Å². The Morgan fingerprint density at radius 1 is 1.09 bits per heavy atom. The molecule has 0 saturated carbocycles. The number of carbonyl (C=O) groups excluding carboxylic acids is 1. The molecule has 32 heavy (non-hydrogen) atoms. The van der Waals surface area contributed by atoms with Gasteiger partial charge in [0.15, 0.2) is 5.65 Å². The van der Waals surface area contributed by atoms with Gasteiger partial charge in [0.25, 0.3) is 5.91 Å². The summed E-state index contributed by atoms with van der Waals surface area (Å²) in [7, 11) is 0. The van der Waals surface area contributed by atoms with E-state index in [0.717, 1.165) is 12.8 Å². The number of aromatic nitrogens is 4. The van der Waals surface area contributed by atoms with Crippen molar-refractivity contribution < 1.29 is 12.0 Å². The number of imidazole rings is 1. The minimum absolute atomic E-state index is 0. The van der Waals surface area contributed by atoms with E-state index in [9.17, 15) is 14.0 Å². The molecule has 1 aliphatic heterocycles. The molecule has 6 rings (SSSR count). The summed E-state index contributed by atoms with van der Waals surface area (Å²) in [6.07, 6.45) is 3.49. The Morgan fingerprint density at radius 2 is 1.94 bits per heavy atom. The highest BCUT2D eigenvalue weighted by atomic mass is 19.1. The third kappa shape index (κ3) is 2.82. The molecule has 166 valence electrons. The minimum Gasteiger partial charge on any atom is -0.339 e. The summed E-state index contributed by atoms with van der Waals surface area (Å²) in [6, 6.07) is 8.30. The van der Waals surface area contributed by atoms with Gasteiger partial charge in [-0.05, 0) is 59.7 Å². The Morgan fingerprint density at radius 3 is 2.78 bits per heavy atom. The largest absolute Gasteiger partial charge is 0.339 e. The number of benzene rings is 1. The molecular formula is C24H26FN5O2. The summed E-state index contributed by atoms with van der Waals surface area (Å²) in [5.41, 5.74) is 5.64. The van der Waals surface area contributed by atoms with Crippen LogP contribution in [-0.4, -0.2) is 32.0 Å². The number of nitrogens with zero attached hydrogens (tertiary/aromatic N) is 3. The first-order valence-electron chi connectivity index (χ1n) is 10.7.